The zero-order chi connectivity index (χ0) is 16.4. The number of hydrogen-bond donors (Lipinski definition) is 2. The summed E-state index contributed by atoms with van der Waals surface area (Å²) in [6, 6.07) is 8.35. The fourth-order valence-electron chi connectivity index (χ4n) is 2.10. The van der Waals surface area contributed by atoms with Crippen LogP contribution in [0.5, 0.6) is 0 Å². The van der Waals surface area contributed by atoms with Gasteiger partial charge in [0.25, 0.3) is 5.13 Å². The molecule has 3 aromatic rings. The van der Waals surface area contributed by atoms with Crippen LogP contribution in [0.3, 0.4) is 0 Å². The summed E-state index contributed by atoms with van der Waals surface area (Å²) in [6.07, 6.45) is 0. The van der Waals surface area contributed by atoms with Gasteiger partial charge in [-0.1, -0.05) is 40.4 Å². The standard InChI is InChI=1S/C16H16N4OS2/c1-9-4-6-12(7-5-9)19-15-20-13(8-22-15)14-10(2)17-16(23-14)18-11(3)21/h4-8H,1-3H3,(H,19,20)(H,17,18,21)/p+1. The number of rotatable bonds is 4. The van der Waals surface area contributed by atoms with Crippen molar-refractivity contribution in [2.45, 2.75) is 20.8 Å². The fraction of sp³-hybridized carbons (Fsp3) is 0.188. The zero-order valence-corrected chi connectivity index (χ0v) is 14.7. The topological polar surface area (TPSA) is 71.5 Å². The van der Waals surface area contributed by atoms with Crippen molar-refractivity contribution in [2.75, 3.05) is 5.32 Å². The summed E-state index contributed by atoms with van der Waals surface area (Å²) in [6.45, 7) is 5.48. The number of carbonyl (C=O) groups is 1. The van der Waals surface area contributed by atoms with Gasteiger partial charge >= 0.3 is 0 Å². The molecule has 0 saturated heterocycles. The minimum absolute atomic E-state index is 0.114. The monoisotopic (exact) mass is 345 g/mol. The first kappa shape index (κ1) is 15.8. The van der Waals surface area contributed by atoms with Gasteiger partial charge in [-0.05, 0) is 26.0 Å². The molecule has 3 rings (SSSR count). The maximum atomic E-state index is 11.1. The van der Waals surface area contributed by atoms with E-state index in [-0.39, 0.29) is 5.91 Å². The Morgan fingerprint density at radius 2 is 1.91 bits per heavy atom. The van der Waals surface area contributed by atoms with E-state index in [0.29, 0.717) is 5.13 Å². The molecule has 2 aromatic heterocycles. The smallest absolute Gasteiger partial charge is 0.288 e. The second-order valence-corrected chi connectivity index (χ2v) is 7.13. The number of benzene rings is 1. The summed E-state index contributed by atoms with van der Waals surface area (Å²) < 4.78 is 0. The number of nitrogens with two attached hydrogens (primary N) is 1. The lowest BCUT2D eigenvalue weighted by Gasteiger charge is -1.96. The first-order chi connectivity index (χ1) is 11.0. The molecular weight excluding hydrogens is 328 g/mol. The van der Waals surface area contributed by atoms with Crippen molar-refractivity contribution in [1.29, 1.82) is 0 Å². The Hall–Kier alpha value is -2.09. The van der Waals surface area contributed by atoms with Gasteiger partial charge in [0.1, 0.15) is 5.69 Å². The number of amides is 1. The van der Waals surface area contributed by atoms with Gasteiger partial charge < -0.3 is 5.32 Å². The molecule has 0 fully saturated rings. The minimum Gasteiger partial charge on any atom is -0.302 e. The van der Waals surface area contributed by atoms with Gasteiger partial charge in [-0.3, -0.25) is 10.1 Å². The van der Waals surface area contributed by atoms with Crippen molar-refractivity contribution in [2.24, 2.45) is 0 Å². The Kier molecular flexibility index (Phi) is 4.51. The highest BCUT2D eigenvalue weighted by atomic mass is 32.1. The third kappa shape index (κ3) is 3.82. The van der Waals surface area contributed by atoms with Crippen molar-refractivity contribution in [1.82, 2.24) is 9.97 Å². The minimum atomic E-state index is -0.114. The van der Waals surface area contributed by atoms with E-state index >= 15 is 0 Å². The van der Waals surface area contributed by atoms with Gasteiger partial charge in [-0.25, -0.2) is 4.98 Å². The van der Waals surface area contributed by atoms with E-state index in [1.54, 1.807) is 11.3 Å². The summed E-state index contributed by atoms with van der Waals surface area (Å²) in [5, 5.41) is 8.39. The molecule has 0 atom stereocenters. The molecule has 0 spiro atoms. The van der Waals surface area contributed by atoms with Crippen LogP contribution in [0, 0.1) is 13.8 Å². The Morgan fingerprint density at radius 3 is 2.61 bits per heavy atom. The third-order valence-electron chi connectivity index (χ3n) is 3.20. The van der Waals surface area contributed by atoms with Gasteiger partial charge in [0, 0.05) is 12.3 Å². The molecule has 2 heterocycles. The highest BCUT2D eigenvalue weighted by Gasteiger charge is 2.15. The van der Waals surface area contributed by atoms with Crippen molar-refractivity contribution >= 4 is 44.5 Å². The summed E-state index contributed by atoms with van der Waals surface area (Å²) >= 11 is 3.05. The second kappa shape index (κ2) is 6.57. The molecule has 3 N–H and O–H groups in total. The summed E-state index contributed by atoms with van der Waals surface area (Å²) in [4.78, 5) is 21.2. The molecule has 1 aromatic carbocycles. The largest absolute Gasteiger partial charge is 0.302 e. The number of carbonyl (C=O) groups excluding carboxylic acids is 1. The van der Waals surface area contributed by atoms with E-state index in [1.807, 2.05) is 12.3 Å². The Morgan fingerprint density at radius 1 is 1.17 bits per heavy atom. The van der Waals surface area contributed by atoms with E-state index in [1.165, 1.54) is 23.8 Å². The highest BCUT2D eigenvalue weighted by molar-refractivity contribution is 7.19. The molecule has 0 unspecified atom stereocenters. The number of hydrogen-bond acceptors (Lipinski definition) is 5. The van der Waals surface area contributed by atoms with Crippen LogP contribution in [-0.2, 0) is 4.79 Å². The normalized spacial score (nSPS) is 10.7. The Balaban J connectivity index is 1.80. The van der Waals surface area contributed by atoms with E-state index in [2.05, 4.69) is 51.8 Å². The van der Waals surface area contributed by atoms with Crippen LogP contribution < -0.4 is 10.6 Å². The number of quaternary nitrogens is 1. The lowest BCUT2D eigenvalue weighted by molar-refractivity contribution is -0.478. The van der Waals surface area contributed by atoms with E-state index in [9.17, 15) is 4.79 Å². The highest BCUT2D eigenvalue weighted by Crippen LogP contribution is 2.33. The van der Waals surface area contributed by atoms with Crippen molar-refractivity contribution in [3.63, 3.8) is 0 Å². The number of aromatic nitrogens is 2. The maximum absolute atomic E-state index is 11.1. The van der Waals surface area contributed by atoms with Crippen LogP contribution in [0.15, 0.2) is 29.6 Å². The number of aryl methyl sites for hydroxylation is 2. The predicted molar refractivity (Wildman–Crippen MR) is 94.7 cm³/mol. The van der Waals surface area contributed by atoms with Crippen molar-refractivity contribution in [3.05, 3.63) is 40.9 Å². The molecule has 0 aliphatic rings. The van der Waals surface area contributed by atoms with Crippen LogP contribution >= 0.6 is 22.7 Å². The molecule has 23 heavy (non-hydrogen) atoms. The molecular formula is C16H17N4OS2+. The van der Waals surface area contributed by atoms with Crippen LogP contribution in [0.1, 0.15) is 18.2 Å². The molecule has 0 aliphatic carbocycles. The first-order valence-corrected chi connectivity index (χ1v) is 8.83. The molecule has 0 aliphatic heterocycles. The Labute approximate surface area is 142 Å². The number of nitrogens with one attached hydrogen (secondary N) is 1. The van der Waals surface area contributed by atoms with Crippen LogP contribution in [0.2, 0.25) is 0 Å². The number of thiazole rings is 2. The molecule has 118 valence electrons. The SMILES string of the molecule is CC(=O)Nc1nc(C)c(-c2csc([NH2+]c3ccc(C)cc3)n2)s1. The zero-order valence-electron chi connectivity index (χ0n) is 13.1. The van der Waals surface area contributed by atoms with Gasteiger partial charge in [-0.15, -0.1) is 0 Å². The van der Waals surface area contributed by atoms with Gasteiger partial charge in [0.2, 0.25) is 5.91 Å². The van der Waals surface area contributed by atoms with Crippen molar-refractivity contribution < 1.29 is 10.1 Å². The lowest BCUT2D eigenvalue weighted by Crippen LogP contribution is -2.70. The third-order valence-corrected chi connectivity index (χ3v) is 5.09. The summed E-state index contributed by atoms with van der Waals surface area (Å²) in [5.74, 6) is -0.114. The maximum Gasteiger partial charge on any atom is 0.288 e. The molecule has 0 radical (unpaired) electrons. The van der Waals surface area contributed by atoms with Crippen molar-refractivity contribution in [3.8, 4) is 10.6 Å². The predicted octanol–water partition coefficient (Wildman–Crippen LogP) is 3.37. The second-order valence-electron chi connectivity index (χ2n) is 5.24. The molecule has 0 saturated carbocycles. The average molecular weight is 345 g/mol. The molecule has 5 nitrogen and oxygen atoms in total. The average Bonchev–Trinajstić information content (AvgIpc) is 3.07. The summed E-state index contributed by atoms with van der Waals surface area (Å²) in [7, 11) is 0. The first-order valence-electron chi connectivity index (χ1n) is 7.13. The van der Waals surface area contributed by atoms with Gasteiger partial charge in [-0.2, -0.15) is 4.98 Å². The quantitative estimate of drug-likeness (QED) is 0.712. The van der Waals surface area contributed by atoms with Gasteiger partial charge in [0.15, 0.2) is 5.13 Å². The molecule has 1 amide bonds. The number of nitrogens with zero attached hydrogens (tertiary/aromatic N) is 2. The summed E-state index contributed by atoms with van der Waals surface area (Å²) in [5.41, 5.74) is 4.16. The van der Waals surface area contributed by atoms with E-state index < -0.39 is 0 Å². The van der Waals surface area contributed by atoms with Crippen LogP contribution in [-0.4, -0.2) is 15.9 Å². The molecule has 0 bridgehead atoms. The number of anilines is 1. The van der Waals surface area contributed by atoms with E-state index in [0.717, 1.165) is 27.1 Å². The Bertz CT molecular complexity index is 836. The van der Waals surface area contributed by atoms with Crippen LogP contribution in [0.25, 0.3) is 10.6 Å². The van der Waals surface area contributed by atoms with E-state index in [4.69, 9.17) is 0 Å². The fourth-order valence-corrected chi connectivity index (χ4v) is 3.91. The van der Waals surface area contributed by atoms with Crippen LogP contribution in [0.4, 0.5) is 16.0 Å². The van der Waals surface area contributed by atoms with Gasteiger partial charge in [0.05, 0.1) is 16.3 Å². The molecule has 7 heteroatoms. The lowest BCUT2D eigenvalue weighted by atomic mass is 10.2.